The average Bonchev–Trinajstić information content (AvgIpc) is 2.85. The molecule has 0 atom stereocenters. The van der Waals surface area contributed by atoms with Crippen LogP contribution in [0.15, 0.2) is 36.8 Å². The first kappa shape index (κ1) is 14.1. The number of aromatic nitrogens is 2. The van der Waals surface area contributed by atoms with Gasteiger partial charge in [0.2, 0.25) is 0 Å². The van der Waals surface area contributed by atoms with Crippen LogP contribution in [0.25, 0.3) is 0 Å². The molecule has 0 bridgehead atoms. The van der Waals surface area contributed by atoms with Crippen molar-refractivity contribution in [1.29, 1.82) is 0 Å². The van der Waals surface area contributed by atoms with Crippen molar-refractivity contribution in [2.75, 3.05) is 20.3 Å². The molecule has 0 radical (unpaired) electrons. The van der Waals surface area contributed by atoms with Crippen molar-refractivity contribution in [3.63, 3.8) is 0 Å². The largest absolute Gasteiger partial charge is 0.383 e. The summed E-state index contributed by atoms with van der Waals surface area (Å²) in [5.41, 5.74) is 2.30. The Morgan fingerprint density at radius 2 is 2.32 bits per heavy atom. The lowest BCUT2D eigenvalue weighted by Crippen LogP contribution is -2.20. The summed E-state index contributed by atoms with van der Waals surface area (Å²) in [4.78, 5) is 4.00. The van der Waals surface area contributed by atoms with E-state index >= 15 is 0 Å². The maximum atomic E-state index is 6.13. The van der Waals surface area contributed by atoms with Crippen molar-refractivity contribution in [1.82, 2.24) is 14.9 Å². The molecule has 0 saturated carbocycles. The predicted octanol–water partition coefficient (Wildman–Crippen LogP) is 2.32. The van der Waals surface area contributed by atoms with Gasteiger partial charge in [-0.2, -0.15) is 0 Å². The molecule has 0 fully saturated rings. The molecule has 2 heterocycles. The standard InChI is InChI=1S/C14H18ClN3O/c1-19-8-6-17-9-13-3-2-7-18(13)11-12-4-5-16-10-14(12)15/h2-5,7,10,17H,6,8-9,11H2,1H3. The van der Waals surface area contributed by atoms with Gasteiger partial charge in [0.05, 0.1) is 11.6 Å². The van der Waals surface area contributed by atoms with Crippen LogP contribution < -0.4 is 5.32 Å². The minimum atomic E-state index is 0.703. The maximum Gasteiger partial charge on any atom is 0.0639 e. The smallest absolute Gasteiger partial charge is 0.0639 e. The molecule has 0 spiro atoms. The van der Waals surface area contributed by atoms with Crippen molar-refractivity contribution >= 4 is 11.6 Å². The van der Waals surface area contributed by atoms with E-state index in [2.05, 4.69) is 27.1 Å². The topological polar surface area (TPSA) is 39.1 Å². The number of rotatable bonds is 7. The quantitative estimate of drug-likeness (QED) is 0.791. The summed E-state index contributed by atoms with van der Waals surface area (Å²) in [6.45, 7) is 3.14. The molecule has 0 saturated heterocycles. The van der Waals surface area contributed by atoms with Gasteiger partial charge in [0, 0.05) is 51.0 Å². The minimum absolute atomic E-state index is 0.703. The molecular formula is C14H18ClN3O. The fraction of sp³-hybridized carbons (Fsp3) is 0.357. The van der Waals surface area contributed by atoms with Gasteiger partial charge in [-0.05, 0) is 23.8 Å². The van der Waals surface area contributed by atoms with Gasteiger partial charge in [-0.1, -0.05) is 11.6 Å². The number of nitrogens with one attached hydrogen (secondary N) is 1. The van der Waals surface area contributed by atoms with Gasteiger partial charge < -0.3 is 14.6 Å². The zero-order valence-electron chi connectivity index (χ0n) is 11.0. The molecular weight excluding hydrogens is 262 g/mol. The van der Waals surface area contributed by atoms with E-state index in [1.165, 1.54) is 5.69 Å². The highest BCUT2D eigenvalue weighted by atomic mass is 35.5. The number of halogens is 1. The predicted molar refractivity (Wildman–Crippen MR) is 76.4 cm³/mol. The Kier molecular flexibility index (Phi) is 5.39. The van der Waals surface area contributed by atoms with Crippen LogP contribution >= 0.6 is 11.6 Å². The van der Waals surface area contributed by atoms with Gasteiger partial charge in [-0.3, -0.25) is 4.98 Å². The highest BCUT2D eigenvalue weighted by molar-refractivity contribution is 6.31. The van der Waals surface area contributed by atoms with Crippen LogP contribution in [0.3, 0.4) is 0 Å². The first-order valence-electron chi connectivity index (χ1n) is 6.23. The third kappa shape index (κ3) is 4.06. The van der Waals surface area contributed by atoms with Crippen molar-refractivity contribution in [3.8, 4) is 0 Å². The summed E-state index contributed by atoms with van der Waals surface area (Å²) in [6, 6.07) is 6.10. The molecule has 19 heavy (non-hydrogen) atoms. The molecule has 0 aliphatic rings. The fourth-order valence-corrected chi connectivity index (χ4v) is 2.05. The van der Waals surface area contributed by atoms with Gasteiger partial charge in [0.15, 0.2) is 0 Å². The van der Waals surface area contributed by atoms with Gasteiger partial charge >= 0.3 is 0 Å². The van der Waals surface area contributed by atoms with E-state index in [0.717, 1.165) is 31.8 Å². The molecule has 2 aromatic heterocycles. The zero-order valence-corrected chi connectivity index (χ0v) is 11.7. The van der Waals surface area contributed by atoms with Crippen LogP contribution in [0.2, 0.25) is 5.02 Å². The second kappa shape index (κ2) is 7.28. The molecule has 0 unspecified atom stereocenters. The molecule has 0 amide bonds. The summed E-state index contributed by atoms with van der Waals surface area (Å²) in [5.74, 6) is 0. The molecule has 1 N–H and O–H groups in total. The number of hydrogen-bond donors (Lipinski definition) is 1. The molecule has 2 rings (SSSR count). The van der Waals surface area contributed by atoms with E-state index in [1.54, 1.807) is 19.5 Å². The number of methoxy groups -OCH3 is 1. The van der Waals surface area contributed by atoms with E-state index in [9.17, 15) is 0 Å². The first-order chi connectivity index (χ1) is 9.31. The van der Waals surface area contributed by atoms with Crippen LogP contribution in [0.1, 0.15) is 11.3 Å². The Balaban J connectivity index is 1.98. The Hall–Kier alpha value is -1.36. The van der Waals surface area contributed by atoms with Gasteiger partial charge in [0.1, 0.15) is 0 Å². The molecule has 102 valence electrons. The summed E-state index contributed by atoms with van der Waals surface area (Å²) in [7, 11) is 1.70. The first-order valence-corrected chi connectivity index (χ1v) is 6.61. The SMILES string of the molecule is COCCNCc1cccn1Cc1ccncc1Cl. The summed E-state index contributed by atoms with van der Waals surface area (Å²) in [6.07, 6.45) is 5.50. The van der Waals surface area contributed by atoms with Crippen molar-refractivity contribution in [2.24, 2.45) is 0 Å². The Labute approximate surface area is 118 Å². The summed E-state index contributed by atoms with van der Waals surface area (Å²) < 4.78 is 7.19. The lowest BCUT2D eigenvalue weighted by molar-refractivity contribution is 0.199. The normalized spacial score (nSPS) is 10.8. The second-order valence-corrected chi connectivity index (χ2v) is 4.67. The third-order valence-corrected chi connectivity index (χ3v) is 3.25. The number of nitrogens with zero attached hydrogens (tertiary/aromatic N) is 2. The van der Waals surface area contributed by atoms with Gasteiger partial charge in [-0.15, -0.1) is 0 Å². The van der Waals surface area contributed by atoms with Crippen LogP contribution in [0.5, 0.6) is 0 Å². The van der Waals surface area contributed by atoms with Crippen LogP contribution in [-0.4, -0.2) is 29.8 Å². The Morgan fingerprint density at radius 1 is 1.42 bits per heavy atom. The van der Waals surface area contributed by atoms with Crippen molar-refractivity contribution in [2.45, 2.75) is 13.1 Å². The monoisotopic (exact) mass is 279 g/mol. The summed E-state index contributed by atoms with van der Waals surface area (Å²) in [5, 5.41) is 4.04. The zero-order chi connectivity index (χ0) is 13.5. The second-order valence-electron chi connectivity index (χ2n) is 4.26. The number of pyridine rings is 1. The highest BCUT2D eigenvalue weighted by Gasteiger charge is 2.04. The average molecular weight is 280 g/mol. The highest BCUT2D eigenvalue weighted by Crippen LogP contribution is 2.16. The molecule has 5 heteroatoms. The van der Waals surface area contributed by atoms with Crippen LogP contribution in [0, 0.1) is 0 Å². The lowest BCUT2D eigenvalue weighted by Gasteiger charge is -2.11. The maximum absolute atomic E-state index is 6.13. The van der Waals surface area contributed by atoms with Crippen LogP contribution in [0.4, 0.5) is 0 Å². The van der Waals surface area contributed by atoms with Crippen molar-refractivity contribution in [3.05, 3.63) is 53.1 Å². The Bertz CT molecular complexity index is 513. The van der Waals surface area contributed by atoms with Crippen molar-refractivity contribution < 1.29 is 4.74 Å². The van der Waals surface area contributed by atoms with E-state index < -0.39 is 0 Å². The summed E-state index contributed by atoms with van der Waals surface area (Å²) >= 11 is 6.13. The number of hydrogen-bond acceptors (Lipinski definition) is 3. The molecule has 0 aliphatic carbocycles. The van der Waals surface area contributed by atoms with Gasteiger partial charge in [0.25, 0.3) is 0 Å². The number of ether oxygens (including phenoxy) is 1. The minimum Gasteiger partial charge on any atom is -0.383 e. The molecule has 4 nitrogen and oxygen atoms in total. The van der Waals surface area contributed by atoms with Gasteiger partial charge in [-0.25, -0.2) is 0 Å². The molecule has 0 aromatic carbocycles. The lowest BCUT2D eigenvalue weighted by atomic mass is 10.2. The molecule has 0 aliphatic heterocycles. The van der Waals surface area contributed by atoms with E-state index in [1.807, 2.05) is 12.1 Å². The van der Waals surface area contributed by atoms with E-state index in [4.69, 9.17) is 16.3 Å². The third-order valence-electron chi connectivity index (χ3n) is 2.91. The fourth-order valence-electron chi connectivity index (χ4n) is 1.87. The Morgan fingerprint density at radius 3 is 3.11 bits per heavy atom. The van der Waals surface area contributed by atoms with E-state index in [-0.39, 0.29) is 0 Å². The van der Waals surface area contributed by atoms with E-state index in [0.29, 0.717) is 5.02 Å². The molecule has 2 aromatic rings. The van der Waals surface area contributed by atoms with Crippen LogP contribution in [-0.2, 0) is 17.8 Å².